The first-order valence-corrected chi connectivity index (χ1v) is 10.4. The van der Waals surface area contributed by atoms with Gasteiger partial charge in [-0.05, 0) is 24.6 Å². The average Bonchev–Trinajstić information content (AvgIpc) is 3.04. The minimum atomic E-state index is -0.219. The highest BCUT2D eigenvalue weighted by molar-refractivity contribution is 9.10. The van der Waals surface area contributed by atoms with E-state index < -0.39 is 0 Å². The number of benzene rings is 1. The summed E-state index contributed by atoms with van der Waals surface area (Å²) < 4.78 is 6.39. The molecule has 8 heteroatoms. The number of methoxy groups -OCH3 is 1. The normalized spacial score (nSPS) is 19.7. The lowest BCUT2D eigenvalue weighted by Gasteiger charge is -2.16. The predicted molar refractivity (Wildman–Crippen MR) is 112 cm³/mol. The van der Waals surface area contributed by atoms with Crippen molar-refractivity contribution in [2.45, 2.75) is 19.8 Å². The van der Waals surface area contributed by atoms with E-state index in [0.717, 1.165) is 28.6 Å². The van der Waals surface area contributed by atoms with Crippen molar-refractivity contribution in [3.8, 4) is 0 Å². The minimum Gasteiger partial charge on any atom is -0.383 e. The summed E-state index contributed by atoms with van der Waals surface area (Å²) in [4.78, 5) is 29.7. The number of halogens is 1. The number of ether oxygens (including phenoxy) is 1. The van der Waals surface area contributed by atoms with Crippen LogP contribution in [0, 0.1) is 0 Å². The number of unbranched alkanes of at least 4 members (excludes halogenated alkanes) is 1. The van der Waals surface area contributed by atoms with Gasteiger partial charge in [0.2, 0.25) is 0 Å². The van der Waals surface area contributed by atoms with E-state index >= 15 is 0 Å². The molecule has 1 aromatic carbocycles. The van der Waals surface area contributed by atoms with Gasteiger partial charge in [0.25, 0.3) is 11.8 Å². The van der Waals surface area contributed by atoms with E-state index in [2.05, 4.69) is 22.9 Å². The van der Waals surface area contributed by atoms with Gasteiger partial charge >= 0.3 is 0 Å². The van der Waals surface area contributed by atoms with Crippen LogP contribution in [0.2, 0.25) is 0 Å². The third-order valence-corrected chi connectivity index (χ3v) is 6.25. The Morgan fingerprint density at radius 2 is 1.96 bits per heavy atom. The summed E-state index contributed by atoms with van der Waals surface area (Å²) in [6.45, 7) is 3.51. The first-order chi connectivity index (χ1) is 12.5. The first kappa shape index (κ1) is 19.5. The van der Waals surface area contributed by atoms with E-state index in [-0.39, 0.29) is 11.8 Å². The molecule has 0 aliphatic carbocycles. The van der Waals surface area contributed by atoms with Crippen LogP contribution < -0.4 is 4.90 Å². The molecule has 0 atom stereocenters. The molecule has 2 amide bonds. The topological polar surface area (TPSA) is 49.9 Å². The first-order valence-electron chi connectivity index (χ1n) is 8.38. The lowest BCUT2D eigenvalue weighted by Crippen LogP contribution is -2.32. The van der Waals surface area contributed by atoms with Crippen molar-refractivity contribution < 1.29 is 14.3 Å². The molecule has 0 radical (unpaired) electrons. The standard InChI is InChI=1S/C18H19BrN2O3S2/c1-3-4-7-20-13-6-5-11(19)10-12(13)14(16(20)22)15-17(23)21(8-9-24-2)18(25)26-15/h5-6,10H,3-4,7-9H2,1-2H3/b15-14+. The number of nitrogens with zero attached hydrogens (tertiary/aromatic N) is 2. The molecule has 1 saturated heterocycles. The Balaban J connectivity index is 2.06. The van der Waals surface area contributed by atoms with Crippen molar-refractivity contribution in [3.63, 3.8) is 0 Å². The number of thiocarbonyl (C=S) groups is 1. The van der Waals surface area contributed by atoms with Crippen LogP contribution in [0.4, 0.5) is 5.69 Å². The fraction of sp³-hybridized carbons (Fsp3) is 0.389. The maximum absolute atomic E-state index is 13.1. The van der Waals surface area contributed by atoms with Gasteiger partial charge in [0, 0.05) is 23.7 Å². The summed E-state index contributed by atoms with van der Waals surface area (Å²) in [7, 11) is 1.58. The van der Waals surface area contributed by atoms with Crippen LogP contribution in [-0.2, 0) is 14.3 Å². The van der Waals surface area contributed by atoms with E-state index in [1.54, 1.807) is 12.0 Å². The van der Waals surface area contributed by atoms with Crippen LogP contribution in [0.1, 0.15) is 25.3 Å². The molecule has 5 nitrogen and oxygen atoms in total. The second kappa shape index (κ2) is 8.21. The molecule has 0 aromatic heterocycles. The van der Waals surface area contributed by atoms with E-state index in [9.17, 15) is 9.59 Å². The largest absolute Gasteiger partial charge is 0.383 e. The van der Waals surface area contributed by atoms with E-state index in [0.29, 0.717) is 34.5 Å². The van der Waals surface area contributed by atoms with Gasteiger partial charge in [-0.2, -0.15) is 0 Å². The number of rotatable bonds is 6. The number of thioether (sulfide) groups is 1. The SMILES string of the molecule is CCCCN1C(=O)/C(=C2/SC(=S)N(CCOC)C2=O)c2cc(Br)ccc21. The zero-order valence-corrected chi connectivity index (χ0v) is 17.8. The molecular weight excluding hydrogens is 436 g/mol. The summed E-state index contributed by atoms with van der Waals surface area (Å²) in [5, 5.41) is 0. The molecule has 2 heterocycles. The Hall–Kier alpha value is -1.22. The highest BCUT2D eigenvalue weighted by Gasteiger charge is 2.41. The Bertz CT molecular complexity index is 810. The molecule has 2 aliphatic rings. The summed E-state index contributed by atoms with van der Waals surface area (Å²) in [5.41, 5.74) is 2.09. The molecule has 2 aliphatic heterocycles. The summed E-state index contributed by atoms with van der Waals surface area (Å²) >= 11 is 10.0. The second-order valence-corrected chi connectivity index (χ2v) is 8.55. The zero-order valence-electron chi connectivity index (χ0n) is 14.6. The van der Waals surface area contributed by atoms with Crippen LogP contribution in [0.15, 0.2) is 27.6 Å². The molecule has 0 unspecified atom stereocenters. The molecule has 0 bridgehead atoms. The van der Waals surface area contributed by atoms with Gasteiger partial charge in [0.1, 0.15) is 4.32 Å². The summed E-state index contributed by atoms with van der Waals surface area (Å²) in [6, 6.07) is 5.74. The third-order valence-electron chi connectivity index (χ3n) is 4.31. The fourth-order valence-corrected chi connectivity index (χ4v) is 4.73. The van der Waals surface area contributed by atoms with Crippen LogP contribution in [0.5, 0.6) is 0 Å². The van der Waals surface area contributed by atoms with Crippen molar-refractivity contribution in [1.29, 1.82) is 0 Å². The van der Waals surface area contributed by atoms with Gasteiger partial charge in [-0.1, -0.05) is 53.3 Å². The Morgan fingerprint density at radius 1 is 1.19 bits per heavy atom. The fourth-order valence-electron chi connectivity index (χ4n) is 2.99. The van der Waals surface area contributed by atoms with Crippen LogP contribution >= 0.6 is 39.9 Å². The van der Waals surface area contributed by atoms with Gasteiger partial charge in [-0.3, -0.25) is 14.5 Å². The Kier molecular flexibility index (Phi) is 6.17. The minimum absolute atomic E-state index is 0.126. The molecular formula is C18H19BrN2O3S2. The Morgan fingerprint density at radius 3 is 2.65 bits per heavy atom. The summed E-state index contributed by atoms with van der Waals surface area (Å²) in [6.07, 6.45) is 1.90. The average molecular weight is 455 g/mol. The lowest BCUT2D eigenvalue weighted by atomic mass is 10.1. The summed E-state index contributed by atoms with van der Waals surface area (Å²) in [5.74, 6) is -0.345. The highest BCUT2D eigenvalue weighted by atomic mass is 79.9. The van der Waals surface area contributed by atoms with Crippen molar-refractivity contribution in [3.05, 3.63) is 33.1 Å². The number of fused-ring (bicyclic) bond motifs is 1. The highest BCUT2D eigenvalue weighted by Crippen LogP contribution is 2.45. The van der Waals surface area contributed by atoms with Gasteiger partial charge in [0.05, 0.1) is 29.3 Å². The molecule has 138 valence electrons. The smallest absolute Gasteiger partial charge is 0.267 e. The molecule has 0 spiro atoms. The quantitative estimate of drug-likeness (QED) is 0.482. The molecule has 1 fully saturated rings. The van der Waals surface area contributed by atoms with Gasteiger partial charge in [-0.15, -0.1) is 0 Å². The molecule has 3 rings (SSSR count). The molecule has 26 heavy (non-hydrogen) atoms. The van der Waals surface area contributed by atoms with Crippen molar-refractivity contribution >= 4 is 67.3 Å². The van der Waals surface area contributed by atoms with E-state index in [4.69, 9.17) is 17.0 Å². The van der Waals surface area contributed by atoms with Gasteiger partial charge < -0.3 is 9.64 Å². The van der Waals surface area contributed by atoms with E-state index in [1.807, 2.05) is 18.2 Å². The third kappa shape index (κ3) is 3.47. The van der Waals surface area contributed by atoms with Crippen molar-refractivity contribution in [2.24, 2.45) is 0 Å². The predicted octanol–water partition coefficient (Wildman–Crippen LogP) is 3.81. The maximum atomic E-state index is 13.1. The van der Waals surface area contributed by atoms with E-state index in [1.165, 1.54) is 16.7 Å². The van der Waals surface area contributed by atoms with Gasteiger partial charge in [0.15, 0.2) is 0 Å². The number of hydrogen-bond acceptors (Lipinski definition) is 5. The van der Waals surface area contributed by atoms with Crippen molar-refractivity contribution in [1.82, 2.24) is 4.90 Å². The van der Waals surface area contributed by atoms with Gasteiger partial charge in [-0.25, -0.2) is 0 Å². The maximum Gasteiger partial charge on any atom is 0.267 e. The lowest BCUT2D eigenvalue weighted by molar-refractivity contribution is -0.123. The molecule has 0 saturated carbocycles. The number of carbonyl (C=O) groups excluding carboxylic acids is 2. The number of carbonyl (C=O) groups is 2. The second-order valence-electron chi connectivity index (χ2n) is 5.99. The number of anilines is 1. The Labute approximate surface area is 170 Å². The number of hydrogen-bond donors (Lipinski definition) is 0. The molecule has 0 N–H and O–H groups in total. The molecule has 1 aromatic rings. The number of amides is 2. The van der Waals surface area contributed by atoms with Crippen LogP contribution in [0.25, 0.3) is 5.57 Å². The van der Waals surface area contributed by atoms with Crippen LogP contribution in [0.3, 0.4) is 0 Å². The van der Waals surface area contributed by atoms with Crippen molar-refractivity contribution in [2.75, 3.05) is 31.7 Å². The zero-order chi connectivity index (χ0) is 18.8. The van der Waals surface area contributed by atoms with Crippen LogP contribution in [-0.4, -0.2) is 47.8 Å². The monoisotopic (exact) mass is 454 g/mol.